The zero-order chi connectivity index (χ0) is 19.1. The summed E-state index contributed by atoms with van der Waals surface area (Å²) in [5.41, 5.74) is 2.17. The Morgan fingerprint density at radius 2 is 1.93 bits per heavy atom. The number of anilines is 1. The number of unbranched alkanes of at least 4 members (excludes halogenated alkanes) is 1. The first-order chi connectivity index (χ1) is 13.2. The van der Waals surface area contributed by atoms with Crippen LogP contribution in [0.15, 0.2) is 46.9 Å². The number of ether oxygens (including phenoxy) is 1. The molecule has 27 heavy (non-hydrogen) atoms. The fourth-order valence-corrected chi connectivity index (χ4v) is 3.15. The van der Waals surface area contributed by atoms with Gasteiger partial charge in [0.2, 0.25) is 5.95 Å². The Bertz CT molecular complexity index is 869. The lowest BCUT2D eigenvalue weighted by atomic mass is 10.2. The second kappa shape index (κ2) is 9.71. The lowest BCUT2D eigenvalue weighted by Gasteiger charge is -2.11. The van der Waals surface area contributed by atoms with Gasteiger partial charge in [-0.25, -0.2) is 4.68 Å². The largest absolute Gasteiger partial charge is 0.488 e. The molecule has 1 N–H and O–H groups in total. The highest BCUT2D eigenvalue weighted by atomic mass is 79.9. The molecule has 8 heteroatoms. The molecular formula is C19H21BrClN5O. The predicted octanol–water partition coefficient (Wildman–Crippen LogP) is 5.08. The summed E-state index contributed by atoms with van der Waals surface area (Å²) >= 11 is 9.49. The molecule has 0 radical (unpaired) electrons. The first-order valence-corrected chi connectivity index (χ1v) is 9.98. The maximum atomic E-state index is 5.90. The number of halogens is 2. The summed E-state index contributed by atoms with van der Waals surface area (Å²) in [6.45, 7) is 4.07. The van der Waals surface area contributed by atoms with E-state index in [4.69, 9.17) is 16.3 Å². The van der Waals surface area contributed by atoms with E-state index in [9.17, 15) is 0 Å². The van der Waals surface area contributed by atoms with Crippen LogP contribution in [0.5, 0.6) is 5.75 Å². The minimum Gasteiger partial charge on any atom is -0.488 e. The van der Waals surface area contributed by atoms with Crippen molar-refractivity contribution in [2.24, 2.45) is 0 Å². The predicted molar refractivity (Wildman–Crippen MR) is 110 cm³/mol. The van der Waals surface area contributed by atoms with Crippen LogP contribution in [0.25, 0.3) is 0 Å². The van der Waals surface area contributed by atoms with Gasteiger partial charge in [0.05, 0.1) is 4.47 Å². The number of aromatic nitrogens is 4. The topological polar surface area (TPSA) is 64.9 Å². The standard InChI is InChI=1S/C19H21BrClN5O/c1-2-3-10-26-19(23-24-25-26)22-12-15-6-9-18(17(20)11-15)27-13-14-4-7-16(21)8-5-14/h4-9,11H,2-3,10,12-13H2,1H3,(H,22,23,25). The summed E-state index contributed by atoms with van der Waals surface area (Å²) in [5, 5.41) is 15.8. The van der Waals surface area contributed by atoms with Gasteiger partial charge in [-0.15, -0.1) is 0 Å². The Hall–Kier alpha value is -2.12. The quantitative estimate of drug-likeness (QED) is 0.492. The van der Waals surface area contributed by atoms with Crippen molar-refractivity contribution in [1.29, 1.82) is 0 Å². The van der Waals surface area contributed by atoms with Crippen LogP contribution >= 0.6 is 27.5 Å². The van der Waals surface area contributed by atoms with Crippen molar-refractivity contribution in [1.82, 2.24) is 20.2 Å². The summed E-state index contributed by atoms with van der Waals surface area (Å²) in [7, 11) is 0. The molecule has 6 nitrogen and oxygen atoms in total. The molecule has 0 saturated heterocycles. The number of hydrogen-bond acceptors (Lipinski definition) is 5. The van der Waals surface area contributed by atoms with E-state index >= 15 is 0 Å². The van der Waals surface area contributed by atoms with Crippen molar-refractivity contribution in [3.63, 3.8) is 0 Å². The van der Waals surface area contributed by atoms with Gasteiger partial charge in [0.25, 0.3) is 0 Å². The highest BCUT2D eigenvalue weighted by Gasteiger charge is 2.07. The summed E-state index contributed by atoms with van der Waals surface area (Å²) in [6.07, 6.45) is 2.15. The molecule has 0 atom stereocenters. The third kappa shape index (κ3) is 5.68. The van der Waals surface area contributed by atoms with Gasteiger partial charge >= 0.3 is 0 Å². The number of aryl methyl sites for hydroxylation is 1. The molecule has 0 spiro atoms. The minimum atomic E-state index is 0.486. The first kappa shape index (κ1) is 19.6. The Labute approximate surface area is 172 Å². The zero-order valence-electron chi connectivity index (χ0n) is 15.0. The molecule has 2 aromatic carbocycles. The molecule has 0 aliphatic carbocycles. The summed E-state index contributed by atoms with van der Waals surface area (Å²) < 4.78 is 8.58. The molecule has 3 aromatic rings. The minimum absolute atomic E-state index is 0.486. The molecule has 1 aromatic heterocycles. The van der Waals surface area contributed by atoms with E-state index in [2.05, 4.69) is 43.7 Å². The molecule has 0 fully saturated rings. The monoisotopic (exact) mass is 449 g/mol. The Balaban J connectivity index is 1.56. The fourth-order valence-electron chi connectivity index (χ4n) is 2.48. The van der Waals surface area contributed by atoms with Crippen LogP contribution in [-0.2, 0) is 19.7 Å². The van der Waals surface area contributed by atoms with Crippen LogP contribution in [0, 0.1) is 0 Å². The lowest BCUT2D eigenvalue weighted by Crippen LogP contribution is -2.09. The number of tetrazole rings is 1. The normalized spacial score (nSPS) is 10.8. The smallest absolute Gasteiger partial charge is 0.243 e. The third-order valence-electron chi connectivity index (χ3n) is 4.01. The van der Waals surface area contributed by atoms with E-state index in [1.807, 2.05) is 42.5 Å². The van der Waals surface area contributed by atoms with E-state index in [0.717, 1.165) is 45.8 Å². The van der Waals surface area contributed by atoms with Crippen molar-refractivity contribution in [2.45, 2.75) is 39.5 Å². The van der Waals surface area contributed by atoms with E-state index in [-0.39, 0.29) is 0 Å². The summed E-state index contributed by atoms with van der Waals surface area (Å²) in [4.78, 5) is 0. The van der Waals surface area contributed by atoms with Crippen LogP contribution in [0.2, 0.25) is 5.02 Å². The average molecular weight is 451 g/mol. The zero-order valence-corrected chi connectivity index (χ0v) is 17.4. The number of benzene rings is 2. The van der Waals surface area contributed by atoms with Gasteiger partial charge < -0.3 is 10.1 Å². The SMILES string of the molecule is CCCCn1nnnc1NCc1ccc(OCc2ccc(Cl)cc2)c(Br)c1. The van der Waals surface area contributed by atoms with Crippen LogP contribution in [0.3, 0.4) is 0 Å². The highest BCUT2D eigenvalue weighted by Crippen LogP contribution is 2.27. The fraction of sp³-hybridized carbons (Fsp3) is 0.316. The van der Waals surface area contributed by atoms with Crippen molar-refractivity contribution in [3.05, 3.63) is 63.1 Å². The molecule has 0 amide bonds. The molecule has 0 unspecified atom stereocenters. The van der Waals surface area contributed by atoms with Crippen molar-refractivity contribution < 1.29 is 4.74 Å². The van der Waals surface area contributed by atoms with Gasteiger partial charge in [0, 0.05) is 18.1 Å². The van der Waals surface area contributed by atoms with Gasteiger partial charge in [-0.3, -0.25) is 0 Å². The maximum absolute atomic E-state index is 5.90. The molecule has 0 bridgehead atoms. The summed E-state index contributed by atoms with van der Waals surface area (Å²) in [5.74, 6) is 1.48. The second-order valence-electron chi connectivity index (χ2n) is 6.11. The molecule has 0 saturated carbocycles. The molecule has 0 aliphatic rings. The van der Waals surface area contributed by atoms with Crippen molar-refractivity contribution in [3.8, 4) is 5.75 Å². The van der Waals surface area contributed by atoms with Gasteiger partial charge in [-0.05, 0) is 68.2 Å². The van der Waals surface area contributed by atoms with E-state index < -0.39 is 0 Å². The van der Waals surface area contributed by atoms with E-state index in [1.165, 1.54) is 0 Å². The van der Waals surface area contributed by atoms with Gasteiger partial charge in [-0.1, -0.05) is 48.2 Å². The van der Waals surface area contributed by atoms with Gasteiger partial charge in [0.15, 0.2) is 0 Å². The van der Waals surface area contributed by atoms with E-state index in [0.29, 0.717) is 19.1 Å². The average Bonchev–Trinajstić information content (AvgIpc) is 3.12. The number of nitrogens with zero attached hydrogens (tertiary/aromatic N) is 4. The van der Waals surface area contributed by atoms with Crippen molar-refractivity contribution in [2.75, 3.05) is 5.32 Å². The van der Waals surface area contributed by atoms with Crippen LogP contribution in [0.1, 0.15) is 30.9 Å². The van der Waals surface area contributed by atoms with Crippen LogP contribution < -0.4 is 10.1 Å². The molecule has 1 heterocycles. The molecule has 3 rings (SSSR count). The van der Waals surface area contributed by atoms with Gasteiger partial charge in [-0.2, -0.15) is 0 Å². The second-order valence-corrected chi connectivity index (χ2v) is 7.40. The Kier molecular flexibility index (Phi) is 7.06. The van der Waals surface area contributed by atoms with Crippen molar-refractivity contribution >= 4 is 33.5 Å². The van der Waals surface area contributed by atoms with E-state index in [1.54, 1.807) is 4.68 Å². The highest BCUT2D eigenvalue weighted by molar-refractivity contribution is 9.10. The van der Waals surface area contributed by atoms with Crippen LogP contribution in [-0.4, -0.2) is 20.2 Å². The Morgan fingerprint density at radius 3 is 2.67 bits per heavy atom. The molecule has 142 valence electrons. The number of hydrogen-bond donors (Lipinski definition) is 1. The Morgan fingerprint density at radius 1 is 1.15 bits per heavy atom. The number of rotatable bonds is 9. The van der Waals surface area contributed by atoms with Gasteiger partial charge in [0.1, 0.15) is 12.4 Å². The molecular weight excluding hydrogens is 430 g/mol. The summed E-state index contributed by atoms with van der Waals surface area (Å²) in [6, 6.07) is 13.6. The lowest BCUT2D eigenvalue weighted by molar-refractivity contribution is 0.304. The number of nitrogens with one attached hydrogen (secondary N) is 1. The third-order valence-corrected chi connectivity index (χ3v) is 4.88. The maximum Gasteiger partial charge on any atom is 0.243 e. The molecule has 0 aliphatic heterocycles. The first-order valence-electron chi connectivity index (χ1n) is 8.81. The van der Waals surface area contributed by atoms with Crippen LogP contribution in [0.4, 0.5) is 5.95 Å².